The lowest BCUT2D eigenvalue weighted by molar-refractivity contribution is -0.380. The van der Waals surface area contributed by atoms with Crippen molar-refractivity contribution in [2.45, 2.75) is 6.61 Å². The molecular weight excluding hydrogens is 312 g/mol. The van der Waals surface area contributed by atoms with Gasteiger partial charge >= 0.3 is 11.0 Å². The Labute approximate surface area is 127 Å². The van der Waals surface area contributed by atoms with E-state index in [0.29, 0.717) is 17.2 Å². The molecule has 0 aromatic carbocycles. The summed E-state index contributed by atoms with van der Waals surface area (Å²) in [6, 6.07) is 7.61. The van der Waals surface area contributed by atoms with Crippen molar-refractivity contribution in [3.8, 4) is 11.5 Å². The Balaban J connectivity index is 1.62. The third-order valence-electron chi connectivity index (χ3n) is 2.65. The number of thiophene rings is 1. The summed E-state index contributed by atoms with van der Waals surface area (Å²) >= 11 is 0.755. The number of rotatable bonds is 5. The molecule has 0 bridgehead atoms. The molecule has 3 aromatic rings. The van der Waals surface area contributed by atoms with Crippen LogP contribution in [0.1, 0.15) is 15.4 Å². The van der Waals surface area contributed by atoms with Gasteiger partial charge in [-0.05, 0) is 18.2 Å². The zero-order chi connectivity index (χ0) is 15.5. The fraction of sp³-hybridized carbons (Fsp3) is 0.0769. The standard InChI is InChI=1S/C13H8N2O6S/c16-13(11-3-4-12(22-11)15(17)18)20-7-8-6-10(21-14-8)9-2-1-5-19-9/h1-6H,7H2. The molecule has 0 aliphatic heterocycles. The Morgan fingerprint density at radius 3 is 2.91 bits per heavy atom. The molecule has 0 spiro atoms. The Morgan fingerprint density at radius 2 is 2.23 bits per heavy atom. The molecule has 0 aliphatic rings. The number of ether oxygens (including phenoxy) is 1. The molecule has 0 radical (unpaired) electrons. The summed E-state index contributed by atoms with van der Waals surface area (Å²) in [6.45, 7) is -0.102. The summed E-state index contributed by atoms with van der Waals surface area (Å²) < 4.78 is 15.2. The van der Waals surface area contributed by atoms with Gasteiger partial charge in [-0.15, -0.1) is 0 Å². The van der Waals surface area contributed by atoms with Crippen LogP contribution >= 0.6 is 11.3 Å². The fourth-order valence-corrected chi connectivity index (χ4v) is 2.38. The number of carbonyl (C=O) groups excluding carboxylic acids is 1. The monoisotopic (exact) mass is 320 g/mol. The summed E-state index contributed by atoms with van der Waals surface area (Å²) in [5.41, 5.74) is 0.408. The lowest BCUT2D eigenvalue weighted by Crippen LogP contribution is -2.03. The fourth-order valence-electron chi connectivity index (χ4n) is 1.66. The second-order valence-electron chi connectivity index (χ2n) is 4.13. The van der Waals surface area contributed by atoms with E-state index in [-0.39, 0.29) is 16.5 Å². The van der Waals surface area contributed by atoms with Crippen LogP contribution in [0.15, 0.2) is 45.5 Å². The average Bonchev–Trinajstić information content (AvgIpc) is 3.23. The van der Waals surface area contributed by atoms with E-state index >= 15 is 0 Å². The van der Waals surface area contributed by atoms with Gasteiger partial charge in [0.1, 0.15) is 17.2 Å². The lowest BCUT2D eigenvalue weighted by Gasteiger charge is -1.98. The number of carbonyl (C=O) groups is 1. The first kappa shape index (κ1) is 14.0. The van der Waals surface area contributed by atoms with Crippen molar-refractivity contribution >= 4 is 22.3 Å². The van der Waals surface area contributed by atoms with Crippen molar-refractivity contribution in [3.05, 3.63) is 57.3 Å². The molecule has 0 amide bonds. The molecule has 112 valence electrons. The highest BCUT2D eigenvalue weighted by Gasteiger charge is 2.17. The minimum atomic E-state index is -0.652. The van der Waals surface area contributed by atoms with Crippen molar-refractivity contribution in [2.24, 2.45) is 0 Å². The molecule has 0 N–H and O–H groups in total. The van der Waals surface area contributed by atoms with E-state index in [2.05, 4.69) is 5.16 Å². The lowest BCUT2D eigenvalue weighted by atomic mass is 10.3. The summed E-state index contributed by atoms with van der Waals surface area (Å²) in [5, 5.41) is 14.2. The molecule has 0 saturated carbocycles. The predicted molar refractivity (Wildman–Crippen MR) is 74.3 cm³/mol. The van der Waals surface area contributed by atoms with Crippen LogP contribution in [-0.4, -0.2) is 16.0 Å². The van der Waals surface area contributed by atoms with Crippen LogP contribution in [0.5, 0.6) is 0 Å². The summed E-state index contributed by atoms with van der Waals surface area (Å²) in [7, 11) is 0. The highest BCUT2D eigenvalue weighted by molar-refractivity contribution is 7.17. The van der Waals surface area contributed by atoms with Gasteiger partial charge < -0.3 is 13.7 Å². The maximum Gasteiger partial charge on any atom is 0.348 e. The Bertz CT molecular complexity index is 804. The quantitative estimate of drug-likeness (QED) is 0.403. The molecule has 0 saturated heterocycles. The van der Waals surface area contributed by atoms with E-state index < -0.39 is 10.9 Å². The highest BCUT2D eigenvalue weighted by atomic mass is 32.1. The molecule has 3 heterocycles. The van der Waals surface area contributed by atoms with Crippen molar-refractivity contribution < 1.29 is 23.4 Å². The van der Waals surface area contributed by atoms with Gasteiger partial charge in [-0.1, -0.05) is 16.5 Å². The molecule has 22 heavy (non-hydrogen) atoms. The minimum Gasteiger partial charge on any atom is -0.461 e. The number of esters is 1. The predicted octanol–water partition coefficient (Wildman–Crippen LogP) is 3.26. The van der Waals surface area contributed by atoms with E-state index in [4.69, 9.17) is 13.7 Å². The van der Waals surface area contributed by atoms with E-state index in [1.54, 1.807) is 18.2 Å². The van der Waals surface area contributed by atoms with Gasteiger partial charge in [0.2, 0.25) is 5.76 Å². The second-order valence-corrected chi connectivity index (χ2v) is 5.19. The third kappa shape index (κ3) is 2.88. The van der Waals surface area contributed by atoms with E-state index in [1.165, 1.54) is 18.4 Å². The van der Waals surface area contributed by atoms with Crippen LogP contribution < -0.4 is 0 Å². The molecule has 0 fully saturated rings. The normalized spacial score (nSPS) is 10.5. The van der Waals surface area contributed by atoms with Crippen molar-refractivity contribution in [1.82, 2.24) is 5.16 Å². The first-order valence-electron chi connectivity index (χ1n) is 6.04. The maximum atomic E-state index is 11.8. The number of nitrogens with zero attached hydrogens (tertiary/aromatic N) is 2. The first-order chi connectivity index (χ1) is 10.6. The van der Waals surface area contributed by atoms with E-state index in [0.717, 1.165) is 11.3 Å². The smallest absolute Gasteiger partial charge is 0.348 e. The molecule has 0 aliphatic carbocycles. The van der Waals surface area contributed by atoms with Crippen LogP contribution in [0.2, 0.25) is 0 Å². The Kier molecular flexibility index (Phi) is 3.71. The van der Waals surface area contributed by atoms with Crippen LogP contribution in [0.3, 0.4) is 0 Å². The molecule has 8 nitrogen and oxygen atoms in total. The second kappa shape index (κ2) is 5.82. The molecule has 3 aromatic heterocycles. The Morgan fingerprint density at radius 1 is 1.36 bits per heavy atom. The van der Waals surface area contributed by atoms with Crippen LogP contribution in [-0.2, 0) is 11.3 Å². The average molecular weight is 320 g/mol. The number of furan rings is 1. The van der Waals surface area contributed by atoms with Gasteiger partial charge in [0.05, 0.1) is 11.2 Å². The zero-order valence-electron chi connectivity index (χ0n) is 10.9. The maximum absolute atomic E-state index is 11.8. The number of aromatic nitrogens is 1. The van der Waals surface area contributed by atoms with Gasteiger partial charge in [0.15, 0.2) is 5.76 Å². The van der Waals surface area contributed by atoms with Gasteiger partial charge in [0, 0.05) is 12.1 Å². The van der Waals surface area contributed by atoms with Gasteiger partial charge in [-0.2, -0.15) is 0 Å². The summed E-state index contributed by atoms with van der Waals surface area (Å²) in [4.78, 5) is 21.9. The van der Waals surface area contributed by atoms with Crippen molar-refractivity contribution in [3.63, 3.8) is 0 Å². The van der Waals surface area contributed by atoms with Crippen molar-refractivity contribution in [1.29, 1.82) is 0 Å². The van der Waals surface area contributed by atoms with Crippen molar-refractivity contribution in [2.75, 3.05) is 0 Å². The highest BCUT2D eigenvalue weighted by Crippen LogP contribution is 2.25. The molecular formula is C13H8N2O6S. The van der Waals surface area contributed by atoms with E-state index in [9.17, 15) is 14.9 Å². The number of hydrogen-bond acceptors (Lipinski definition) is 8. The Hall–Kier alpha value is -2.94. The van der Waals surface area contributed by atoms with Crippen LogP contribution in [0, 0.1) is 10.1 Å². The SMILES string of the molecule is O=C(OCc1cc(-c2ccco2)on1)c1ccc([N+](=O)[O-])s1. The largest absolute Gasteiger partial charge is 0.461 e. The van der Waals surface area contributed by atoms with Gasteiger partial charge in [0.25, 0.3) is 0 Å². The molecule has 3 rings (SSSR count). The van der Waals surface area contributed by atoms with E-state index in [1.807, 2.05) is 0 Å². The summed E-state index contributed by atoms with van der Waals surface area (Å²) in [6.07, 6.45) is 1.50. The molecule has 0 atom stereocenters. The van der Waals surface area contributed by atoms with Gasteiger partial charge in [-0.25, -0.2) is 4.79 Å². The summed E-state index contributed by atoms with van der Waals surface area (Å²) in [5.74, 6) is 0.280. The zero-order valence-corrected chi connectivity index (χ0v) is 11.7. The molecule has 9 heteroatoms. The number of nitro groups is 1. The van der Waals surface area contributed by atoms with Crippen LogP contribution in [0.4, 0.5) is 5.00 Å². The third-order valence-corrected chi connectivity index (χ3v) is 3.66. The topological polar surface area (TPSA) is 109 Å². The van der Waals surface area contributed by atoms with Crippen LogP contribution in [0.25, 0.3) is 11.5 Å². The molecule has 0 unspecified atom stereocenters. The minimum absolute atomic E-state index is 0.102. The number of hydrogen-bond donors (Lipinski definition) is 0. The first-order valence-corrected chi connectivity index (χ1v) is 6.86. The van der Waals surface area contributed by atoms with Gasteiger partial charge in [-0.3, -0.25) is 10.1 Å².